The first-order valence-electron chi connectivity index (χ1n) is 9.54. The van der Waals surface area contributed by atoms with Crippen LogP contribution in [0.1, 0.15) is 36.6 Å². The van der Waals surface area contributed by atoms with Gasteiger partial charge in [0.05, 0.1) is 17.0 Å². The standard InChI is InChI=1S/C22H22F3N3/c1-14-6-9-19-17(11-14)18(12-26)21(28(19)13-16-7-8-16)20-5-3-4-10-27(20)15(2)22(23,24)25/h3-6,9,11,15-16H,7-8,10,13H2,1-2H3/t15-/m0/s1. The van der Waals surface area contributed by atoms with Crippen molar-refractivity contribution in [2.75, 3.05) is 6.54 Å². The quantitative estimate of drug-likeness (QED) is 0.706. The molecule has 146 valence electrons. The summed E-state index contributed by atoms with van der Waals surface area (Å²) in [4.78, 5) is 1.35. The van der Waals surface area contributed by atoms with Crippen molar-refractivity contribution in [3.63, 3.8) is 0 Å². The fourth-order valence-electron chi connectivity index (χ4n) is 3.88. The van der Waals surface area contributed by atoms with Crippen molar-refractivity contribution < 1.29 is 13.2 Å². The lowest BCUT2D eigenvalue weighted by Crippen LogP contribution is -2.43. The third-order valence-corrected chi connectivity index (χ3v) is 5.65. The number of nitriles is 1. The monoisotopic (exact) mass is 385 g/mol. The Morgan fingerprint density at radius 3 is 2.68 bits per heavy atom. The van der Waals surface area contributed by atoms with Gasteiger partial charge in [-0.05, 0) is 50.8 Å². The summed E-state index contributed by atoms with van der Waals surface area (Å²) in [6.07, 6.45) is 3.09. The number of nitrogens with zero attached hydrogens (tertiary/aromatic N) is 3. The summed E-state index contributed by atoms with van der Waals surface area (Å²) < 4.78 is 42.6. The molecule has 1 atom stereocenters. The van der Waals surface area contributed by atoms with Gasteiger partial charge in [-0.2, -0.15) is 18.4 Å². The molecule has 2 aromatic rings. The van der Waals surface area contributed by atoms with Crippen LogP contribution in [0.2, 0.25) is 0 Å². The van der Waals surface area contributed by atoms with E-state index in [1.165, 1.54) is 11.8 Å². The highest BCUT2D eigenvalue weighted by atomic mass is 19.4. The molecular formula is C22H22F3N3. The van der Waals surface area contributed by atoms with E-state index in [0.29, 0.717) is 22.9 Å². The van der Waals surface area contributed by atoms with E-state index in [1.807, 2.05) is 25.1 Å². The second-order valence-corrected chi connectivity index (χ2v) is 7.76. The molecule has 3 nitrogen and oxygen atoms in total. The van der Waals surface area contributed by atoms with Crippen LogP contribution >= 0.6 is 0 Å². The zero-order chi connectivity index (χ0) is 20.1. The molecule has 2 heterocycles. The molecule has 0 unspecified atom stereocenters. The lowest BCUT2D eigenvalue weighted by molar-refractivity contribution is -0.169. The van der Waals surface area contributed by atoms with Crippen LogP contribution in [-0.4, -0.2) is 28.2 Å². The Morgan fingerprint density at radius 2 is 2.04 bits per heavy atom. The smallest absolute Gasteiger partial charge is 0.354 e. The van der Waals surface area contributed by atoms with Crippen LogP contribution in [-0.2, 0) is 6.54 Å². The number of halogens is 3. The number of hydrogen-bond donors (Lipinski definition) is 0. The number of alkyl halides is 3. The molecule has 28 heavy (non-hydrogen) atoms. The topological polar surface area (TPSA) is 32.0 Å². The molecule has 1 aliphatic heterocycles. The summed E-state index contributed by atoms with van der Waals surface area (Å²) in [7, 11) is 0. The van der Waals surface area contributed by atoms with E-state index in [-0.39, 0.29) is 6.54 Å². The van der Waals surface area contributed by atoms with Gasteiger partial charge in [0.25, 0.3) is 0 Å². The predicted octanol–water partition coefficient (Wildman–Crippen LogP) is 5.39. The van der Waals surface area contributed by atoms with E-state index >= 15 is 0 Å². The molecule has 4 rings (SSSR count). The highest BCUT2D eigenvalue weighted by Crippen LogP contribution is 2.40. The number of allylic oxidation sites excluding steroid dienone is 2. The van der Waals surface area contributed by atoms with Gasteiger partial charge >= 0.3 is 6.18 Å². The van der Waals surface area contributed by atoms with E-state index in [0.717, 1.165) is 35.9 Å². The minimum absolute atomic E-state index is 0.168. The average molecular weight is 385 g/mol. The third-order valence-electron chi connectivity index (χ3n) is 5.65. The van der Waals surface area contributed by atoms with Gasteiger partial charge < -0.3 is 9.47 Å². The second-order valence-electron chi connectivity index (χ2n) is 7.76. The Balaban J connectivity index is 1.94. The van der Waals surface area contributed by atoms with E-state index in [4.69, 9.17) is 0 Å². The molecule has 0 N–H and O–H groups in total. The number of hydrogen-bond acceptors (Lipinski definition) is 2. The number of rotatable bonds is 4. The molecule has 6 heteroatoms. The van der Waals surface area contributed by atoms with Crippen LogP contribution in [0.3, 0.4) is 0 Å². The summed E-state index contributed by atoms with van der Waals surface area (Å²) in [5.41, 5.74) is 3.48. The van der Waals surface area contributed by atoms with Gasteiger partial charge in [0.15, 0.2) is 0 Å². The van der Waals surface area contributed by atoms with Crippen molar-refractivity contribution >= 4 is 16.6 Å². The number of aromatic nitrogens is 1. The van der Waals surface area contributed by atoms with Crippen molar-refractivity contribution in [2.24, 2.45) is 5.92 Å². The molecule has 0 bridgehead atoms. The van der Waals surface area contributed by atoms with Crippen LogP contribution in [0.15, 0.2) is 36.4 Å². The molecular weight excluding hydrogens is 363 g/mol. The van der Waals surface area contributed by atoms with Crippen molar-refractivity contribution in [2.45, 2.75) is 45.5 Å². The Morgan fingerprint density at radius 1 is 1.29 bits per heavy atom. The van der Waals surface area contributed by atoms with Gasteiger partial charge in [0.2, 0.25) is 0 Å². The Bertz CT molecular complexity index is 1020. The van der Waals surface area contributed by atoms with Gasteiger partial charge in [-0.25, -0.2) is 0 Å². The van der Waals surface area contributed by atoms with E-state index in [1.54, 1.807) is 18.2 Å². The zero-order valence-corrected chi connectivity index (χ0v) is 15.9. The highest BCUT2D eigenvalue weighted by Gasteiger charge is 2.42. The average Bonchev–Trinajstić information content (AvgIpc) is 3.42. The Hall–Kier alpha value is -2.68. The predicted molar refractivity (Wildman–Crippen MR) is 103 cm³/mol. The first kappa shape index (κ1) is 18.7. The van der Waals surface area contributed by atoms with Gasteiger partial charge in [-0.3, -0.25) is 0 Å². The maximum absolute atomic E-state index is 13.5. The largest absolute Gasteiger partial charge is 0.408 e. The third kappa shape index (κ3) is 3.19. The van der Waals surface area contributed by atoms with Gasteiger partial charge in [0, 0.05) is 24.0 Å². The number of aryl methyl sites for hydroxylation is 1. The van der Waals surface area contributed by atoms with Crippen molar-refractivity contribution in [3.05, 3.63) is 53.2 Å². The summed E-state index contributed by atoms with van der Waals surface area (Å²) in [5, 5.41) is 10.7. The summed E-state index contributed by atoms with van der Waals surface area (Å²) in [6.45, 7) is 4.03. The summed E-state index contributed by atoms with van der Waals surface area (Å²) in [5.74, 6) is 0.524. The first-order chi connectivity index (χ1) is 13.3. The lowest BCUT2D eigenvalue weighted by Gasteiger charge is -2.35. The Kier molecular flexibility index (Phi) is 4.49. The molecule has 1 aromatic heterocycles. The molecule has 1 fully saturated rings. The van der Waals surface area contributed by atoms with Crippen LogP contribution in [0, 0.1) is 24.2 Å². The van der Waals surface area contributed by atoms with E-state index in [2.05, 4.69) is 10.6 Å². The molecule has 0 amide bonds. The van der Waals surface area contributed by atoms with Crippen molar-refractivity contribution in [3.8, 4) is 6.07 Å². The van der Waals surface area contributed by atoms with E-state index < -0.39 is 12.2 Å². The normalized spacial score (nSPS) is 18.3. The molecule has 1 aromatic carbocycles. The fraction of sp³-hybridized carbons (Fsp3) is 0.409. The maximum atomic E-state index is 13.5. The second kappa shape index (κ2) is 6.73. The molecule has 2 aliphatic rings. The number of benzene rings is 1. The molecule has 0 saturated heterocycles. The lowest BCUT2D eigenvalue weighted by atomic mass is 10.0. The van der Waals surface area contributed by atoms with Gasteiger partial charge in [-0.15, -0.1) is 0 Å². The Labute approximate surface area is 162 Å². The highest BCUT2D eigenvalue weighted by molar-refractivity contribution is 5.93. The van der Waals surface area contributed by atoms with Crippen LogP contribution in [0.4, 0.5) is 13.2 Å². The minimum atomic E-state index is -4.35. The molecule has 0 spiro atoms. The van der Waals surface area contributed by atoms with Crippen molar-refractivity contribution in [1.29, 1.82) is 5.26 Å². The zero-order valence-electron chi connectivity index (χ0n) is 15.9. The fourth-order valence-corrected chi connectivity index (χ4v) is 3.88. The summed E-state index contributed by atoms with van der Waals surface area (Å²) >= 11 is 0. The summed E-state index contributed by atoms with van der Waals surface area (Å²) in [6, 6.07) is 6.57. The van der Waals surface area contributed by atoms with E-state index in [9.17, 15) is 18.4 Å². The molecule has 1 aliphatic carbocycles. The molecule has 1 saturated carbocycles. The van der Waals surface area contributed by atoms with Crippen LogP contribution in [0.25, 0.3) is 16.6 Å². The van der Waals surface area contributed by atoms with Gasteiger partial charge in [-0.1, -0.05) is 23.8 Å². The first-order valence-corrected chi connectivity index (χ1v) is 9.54. The van der Waals surface area contributed by atoms with Crippen LogP contribution < -0.4 is 0 Å². The van der Waals surface area contributed by atoms with Gasteiger partial charge in [0.1, 0.15) is 12.1 Å². The number of fused-ring (bicyclic) bond motifs is 1. The van der Waals surface area contributed by atoms with Crippen LogP contribution in [0.5, 0.6) is 0 Å². The van der Waals surface area contributed by atoms with Crippen molar-refractivity contribution in [1.82, 2.24) is 9.47 Å². The maximum Gasteiger partial charge on any atom is 0.408 e. The minimum Gasteiger partial charge on any atom is -0.354 e. The SMILES string of the molecule is Cc1ccc2c(c1)c(C#N)c(C1=CC=CCN1[C@@H](C)C(F)(F)F)n2CC1CC1. The molecule has 0 radical (unpaired) electrons.